The minimum atomic E-state index is -0.462. The highest BCUT2D eigenvalue weighted by Crippen LogP contribution is 2.22. The molecule has 0 amide bonds. The molecular formula is C15H20N2O2. The maximum absolute atomic E-state index is 10.2. The Morgan fingerprint density at radius 2 is 2.00 bits per heavy atom. The molecule has 102 valence electrons. The van der Waals surface area contributed by atoms with Gasteiger partial charge in [-0.05, 0) is 37.5 Å². The average Bonchev–Trinajstić information content (AvgIpc) is 2.75. The summed E-state index contributed by atoms with van der Waals surface area (Å²) < 4.78 is 6.86. The lowest BCUT2D eigenvalue weighted by atomic mass is 10.0. The van der Waals surface area contributed by atoms with E-state index in [0.29, 0.717) is 6.42 Å². The Bertz CT molecular complexity index is 532. The maximum Gasteiger partial charge on any atom is 0.118 e. The van der Waals surface area contributed by atoms with E-state index in [1.54, 1.807) is 11.8 Å². The largest absolute Gasteiger partial charge is 0.497 e. The van der Waals surface area contributed by atoms with Gasteiger partial charge in [0.1, 0.15) is 5.75 Å². The normalized spacial score (nSPS) is 12.4. The molecule has 1 heterocycles. The Kier molecular flexibility index (Phi) is 4.22. The van der Waals surface area contributed by atoms with Gasteiger partial charge >= 0.3 is 0 Å². The molecule has 1 unspecified atom stereocenters. The molecule has 4 heteroatoms. The second kappa shape index (κ2) is 5.89. The Labute approximate surface area is 113 Å². The number of aromatic nitrogens is 2. The van der Waals surface area contributed by atoms with Crippen LogP contribution in [0, 0.1) is 6.92 Å². The van der Waals surface area contributed by atoms with Gasteiger partial charge in [0.05, 0.1) is 18.9 Å². The summed E-state index contributed by atoms with van der Waals surface area (Å²) in [6, 6.07) is 7.94. The van der Waals surface area contributed by atoms with Crippen LogP contribution >= 0.6 is 0 Å². The molecule has 4 nitrogen and oxygen atoms in total. The lowest BCUT2D eigenvalue weighted by molar-refractivity contribution is 0.167. The number of aryl methyl sites for hydroxylation is 3. The molecule has 0 saturated carbocycles. The molecule has 0 aliphatic heterocycles. The highest BCUT2D eigenvalue weighted by atomic mass is 16.5. The zero-order valence-corrected chi connectivity index (χ0v) is 11.6. The quantitative estimate of drug-likeness (QED) is 0.898. The molecule has 1 aromatic heterocycles. The van der Waals surface area contributed by atoms with Gasteiger partial charge in [-0.15, -0.1) is 0 Å². The van der Waals surface area contributed by atoms with Gasteiger partial charge in [0.15, 0.2) is 0 Å². The Morgan fingerprint density at radius 1 is 1.32 bits per heavy atom. The Morgan fingerprint density at radius 3 is 2.53 bits per heavy atom. The Balaban J connectivity index is 1.96. The number of ether oxygens (including phenoxy) is 1. The van der Waals surface area contributed by atoms with Crippen molar-refractivity contribution < 1.29 is 9.84 Å². The average molecular weight is 260 g/mol. The second-order valence-electron chi connectivity index (χ2n) is 4.75. The zero-order valence-electron chi connectivity index (χ0n) is 11.6. The first-order valence-corrected chi connectivity index (χ1v) is 6.41. The molecular weight excluding hydrogens is 240 g/mol. The van der Waals surface area contributed by atoms with E-state index in [1.807, 2.05) is 44.4 Å². The summed E-state index contributed by atoms with van der Waals surface area (Å²) in [5, 5.41) is 14.4. The van der Waals surface area contributed by atoms with Crippen LogP contribution in [0.15, 0.2) is 30.5 Å². The zero-order chi connectivity index (χ0) is 13.8. The van der Waals surface area contributed by atoms with Crippen LogP contribution in [-0.2, 0) is 13.5 Å². The van der Waals surface area contributed by atoms with Gasteiger partial charge < -0.3 is 9.84 Å². The fraction of sp³-hybridized carbons (Fsp3) is 0.400. The maximum atomic E-state index is 10.2. The third-order valence-corrected chi connectivity index (χ3v) is 3.28. The second-order valence-corrected chi connectivity index (χ2v) is 4.75. The SMILES string of the molecule is COc1ccc(CCC(O)c2cn(C)nc2C)cc1. The lowest BCUT2D eigenvalue weighted by Gasteiger charge is -2.10. The van der Waals surface area contributed by atoms with Crippen LogP contribution < -0.4 is 4.74 Å². The van der Waals surface area contributed by atoms with Crippen molar-refractivity contribution in [1.29, 1.82) is 0 Å². The monoisotopic (exact) mass is 260 g/mol. The molecule has 2 rings (SSSR count). The van der Waals surface area contributed by atoms with E-state index in [4.69, 9.17) is 4.74 Å². The minimum absolute atomic E-state index is 0.462. The molecule has 1 aromatic carbocycles. The van der Waals surface area contributed by atoms with E-state index in [1.165, 1.54) is 5.56 Å². The fourth-order valence-corrected chi connectivity index (χ4v) is 2.20. The van der Waals surface area contributed by atoms with Crippen molar-refractivity contribution in [2.75, 3.05) is 7.11 Å². The molecule has 0 fully saturated rings. The summed E-state index contributed by atoms with van der Waals surface area (Å²) in [5.41, 5.74) is 3.00. The summed E-state index contributed by atoms with van der Waals surface area (Å²) >= 11 is 0. The lowest BCUT2D eigenvalue weighted by Crippen LogP contribution is -2.00. The topological polar surface area (TPSA) is 47.3 Å². The van der Waals surface area contributed by atoms with Crippen LogP contribution in [0.5, 0.6) is 5.75 Å². The fourth-order valence-electron chi connectivity index (χ4n) is 2.20. The summed E-state index contributed by atoms with van der Waals surface area (Å²) in [4.78, 5) is 0. The van der Waals surface area contributed by atoms with Gasteiger partial charge in [-0.1, -0.05) is 12.1 Å². The first kappa shape index (κ1) is 13.6. The number of aliphatic hydroxyl groups excluding tert-OH is 1. The van der Waals surface area contributed by atoms with Gasteiger partial charge in [0.2, 0.25) is 0 Å². The molecule has 0 bridgehead atoms. The summed E-state index contributed by atoms with van der Waals surface area (Å²) in [6.45, 7) is 1.92. The van der Waals surface area contributed by atoms with Crippen molar-refractivity contribution in [3.8, 4) is 5.75 Å². The van der Waals surface area contributed by atoms with Crippen LogP contribution in [0.1, 0.15) is 29.3 Å². The highest BCUT2D eigenvalue weighted by molar-refractivity contribution is 5.27. The van der Waals surface area contributed by atoms with Gasteiger partial charge in [0.25, 0.3) is 0 Å². The van der Waals surface area contributed by atoms with Gasteiger partial charge in [-0.3, -0.25) is 4.68 Å². The first-order valence-electron chi connectivity index (χ1n) is 6.41. The van der Waals surface area contributed by atoms with Crippen molar-refractivity contribution in [3.05, 3.63) is 47.3 Å². The van der Waals surface area contributed by atoms with E-state index >= 15 is 0 Å². The summed E-state index contributed by atoms with van der Waals surface area (Å²) in [5.74, 6) is 0.854. The number of benzene rings is 1. The van der Waals surface area contributed by atoms with Crippen LogP contribution in [0.4, 0.5) is 0 Å². The van der Waals surface area contributed by atoms with E-state index in [-0.39, 0.29) is 0 Å². The molecule has 0 aliphatic rings. The molecule has 1 atom stereocenters. The number of hydrogen-bond donors (Lipinski definition) is 1. The van der Waals surface area contributed by atoms with Crippen molar-refractivity contribution in [1.82, 2.24) is 9.78 Å². The van der Waals surface area contributed by atoms with Crippen molar-refractivity contribution >= 4 is 0 Å². The van der Waals surface area contributed by atoms with E-state index in [2.05, 4.69) is 5.10 Å². The molecule has 0 aliphatic carbocycles. The Hall–Kier alpha value is -1.81. The molecule has 0 radical (unpaired) electrons. The van der Waals surface area contributed by atoms with Gasteiger partial charge in [-0.25, -0.2) is 0 Å². The van der Waals surface area contributed by atoms with E-state index in [9.17, 15) is 5.11 Å². The van der Waals surface area contributed by atoms with E-state index in [0.717, 1.165) is 23.4 Å². The number of hydrogen-bond acceptors (Lipinski definition) is 3. The summed E-state index contributed by atoms with van der Waals surface area (Å²) in [6.07, 6.45) is 2.95. The number of rotatable bonds is 5. The van der Waals surface area contributed by atoms with Crippen LogP contribution in [0.2, 0.25) is 0 Å². The molecule has 0 spiro atoms. The smallest absolute Gasteiger partial charge is 0.118 e. The predicted molar refractivity (Wildman–Crippen MR) is 74.2 cm³/mol. The summed E-state index contributed by atoms with van der Waals surface area (Å²) in [7, 11) is 3.52. The molecule has 2 aromatic rings. The van der Waals surface area contributed by atoms with Crippen molar-refractivity contribution in [2.45, 2.75) is 25.9 Å². The van der Waals surface area contributed by atoms with Crippen molar-refractivity contribution in [3.63, 3.8) is 0 Å². The predicted octanol–water partition coefficient (Wildman–Crippen LogP) is 2.40. The van der Waals surface area contributed by atoms with Crippen LogP contribution in [-0.4, -0.2) is 22.0 Å². The number of aliphatic hydroxyl groups is 1. The van der Waals surface area contributed by atoms with Gasteiger partial charge in [0, 0.05) is 18.8 Å². The van der Waals surface area contributed by atoms with Crippen LogP contribution in [0.3, 0.4) is 0 Å². The number of methoxy groups -OCH3 is 1. The van der Waals surface area contributed by atoms with Gasteiger partial charge in [-0.2, -0.15) is 5.10 Å². The minimum Gasteiger partial charge on any atom is -0.497 e. The standard InChI is InChI=1S/C15H20N2O2/c1-11-14(10-17(2)16-11)15(18)9-6-12-4-7-13(19-3)8-5-12/h4-5,7-8,10,15,18H,6,9H2,1-3H3. The van der Waals surface area contributed by atoms with E-state index < -0.39 is 6.10 Å². The van der Waals surface area contributed by atoms with Crippen molar-refractivity contribution in [2.24, 2.45) is 7.05 Å². The molecule has 19 heavy (non-hydrogen) atoms. The molecule has 1 N–H and O–H groups in total. The highest BCUT2D eigenvalue weighted by Gasteiger charge is 2.13. The first-order chi connectivity index (χ1) is 9.10. The third-order valence-electron chi connectivity index (χ3n) is 3.28. The third kappa shape index (κ3) is 3.35. The number of nitrogens with zero attached hydrogens (tertiary/aromatic N) is 2. The molecule has 0 saturated heterocycles. The van der Waals surface area contributed by atoms with Crippen LogP contribution in [0.25, 0.3) is 0 Å².